The van der Waals surface area contributed by atoms with E-state index in [1.807, 2.05) is 0 Å². The maximum atomic E-state index is 11.1. The van der Waals surface area contributed by atoms with Crippen molar-refractivity contribution in [3.63, 3.8) is 0 Å². The van der Waals surface area contributed by atoms with Gasteiger partial charge in [-0.3, -0.25) is 14.9 Å². The number of carbonyl (C=O) groups is 1. The Morgan fingerprint density at radius 2 is 2.21 bits per heavy atom. The number of hydrogen-bond acceptors (Lipinski definition) is 5. The van der Waals surface area contributed by atoms with E-state index in [1.165, 1.54) is 19.2 Å². The van der Waals surface area contributed by atoms with E-state index in [0.717, 1.165) is 0 Å². The molecule has 0 saturated carbocycles. The zero-order valence-electron chi connectivity index (χ0n) is 10.8. The van der Waals surface area contributed by atoms with Crippen molar-refractivity contribution < 1.29 is 19.2 Å². The second kappa shape index (κ2) is 7.15. The monoisotopic (exact) mass is 265 g/mol. The maximum Gasteiger partial charge on any atom is 0.309 e. The van der Waals surface area contributed by atoms with Gasteiger partial charge in [0.1, 0.15) is 5.75 Å². The van der Waals surface area contributed by atoms with Gasteiger partial charge in [-0.25, -0.2) is 0 Å². The average molecular weight is 265 g/mol. The Morgan fingerprint density at radius 3 is 2.79 bits per heavy atom. The standard InChI is InChI=1S/C13H15NO5/c1-3-19-13(15)6-4-5-10-7-8-11(14(16)17)9-12(10)18-2/h4-5,7-9H,3,6H2,1-2H3. The first-order valence-electron chi connectivity index (χ1n) is 5.73. The van der Waals surface area contributed by atoms with Gasteiger partial charge in [-0.15, -0.1) is 0 Å². The Labute approximate surface area is 110 Å². The smallest absolute Gasteiger partial charge is 0.309 e. The minimum Gasteiger partial charge on any atom is -0.496 e. The second-order valence-electron chi connectivity index (χ2n) is 3.59. The topological polar surface area (TPSA) is 78.7 Å². The van der Waals surface area contributed by atoms with Crippen LogP contribution in [0.2, 0.25) is 0 Å². The van der Waals surface area contributed by atoms with Gasteiger partial charge < -0.3 is 9.47 Å². The molecule has 0 aliphatic rings. The summed E-state index contributed by atoms with van der Waals surface area (Å²) in [6, 6.07) is 4.29. The van der Waals surface area contributed by atoms with Gasteiger partial charge in [0.2, 0.25) is 0 Å². The number of non-ortho nitro benzene ring substituents is 1. The average Bonchev–Trinajstić information content (AvgIpc) is 2.39. The van der Waals surface area contributed by atoms with Gasteiger partial charge >= 0.3 is 5.97 Å². The normalized spacial score (nSPS) is 10.4. The first-order chi connectivity index (χ1) is 9.08. The summed E-state index contributed by atoms with van der Waals surface area (Å²) in [6.45, 7) is 2.08. The van der Waals surface area contributed by atoms with Crippen molar-refractivity contribution >= 4 is 17.7 Å². The molecule has 0 radical (unpaired) electrons. The van der Waals surface area contributed by atoms with Crippen molar-refractivity contribution in [1.29, 1.82) is 0 Å². The lowest BCUT2D eigenvalue weighted by molar-refractivity contribution is -0.384. The molecule has 0 bridgehead atoms. The van der Waals surface area contributed by atoms with Crippen LogP contribution in [0.5, 0.6) is 5.75 Å². The minimum absolute atomic E-state index is 0.0422. The Bertz CT molecular complexity index is 496. The predicted molar refractivity (Wildman–Crippen MR) is 69.9 cm³/mol. The third-order valence-corrected chi connectivity index (χ3v) is 2.32. The lowest BCUT2D eigenvalue weighted by atomic mass is 10.1. The molecule has 1 aromatic rings. The van der Waals surface area contributed by atoms with Crippen molar-refractivity contribution in [2.75, 3.05) is 13.7 Å². The van der Waals surface area contributed by atoms with Crippen LogP contribution in [0.15, 0.2) is 24.3 Å². The number of carbonyl (C=O) groups excluding carboxylic acids is 1. The van der Waals surface area contributed by atoms with Gasteiger partial charge in [0.05, 0.1) is 31.1 Å². The lowest BCUT2D eigenvalue weighted by Gasteiger charge is -2.04. The quantitative estimate of drug-likeness (QED) is 0.448. The van der Waals surface area contributed by atoms with Crippen molar-refractivity contribution in [1.82, 2.24) is 0 Å². The number of benzene rings is 1. The highest BCUT2D eigenvalue weighted by atomic mass is 16.6. The molecular formula is C13H15NO5. The molecule has 6 nitrogen and oxygen atoms in total. The Morgan fingerprint density at radius 1 is 1.47 bits per heavy atom. The fourth-order valence-electron chi connectivity index (χ4n) is 1.45. The van der Waals surface area contributed by atoms with E-state index >= 15 is 0 Å². The van der Waals surface area contributed by atoms with E-state index in [2.05, 4.69) is 0 Å². The zero-order chi connectivity index (χ0) is 14.3. The molecular weight excluding hydrogens is 250 g/mol. The molecule has 0 fully saturated rings. The van der Waals surface area contributed by atoms with Crippen molar-refractivity contribution in [2.24, 2.45) is 0 Å². The van der Waals surface area contributed by atoms with Crippen LogP contribution < -0.4 is 4.74 Å². The van der Waals surface area contributed by atoms with Crippen LogP contribution in [0, 0.1) is 10.1 Å². The zero-order valence-corrected chi connectivity index (χ0v) is 10.8. The molecule has 0 heterocycles. The number of esters is 1. The maximum absolute atomic E-state index is 11.1. The molecule has 0 spiro atoms. The summed E-state index contributed by atoms with van der Waals surface area (Å²) >= 11 is 0. The fraction of sp³-hybridized carbons (Fsp3) is 0.308. The third-order valence-electron chi connectivity index (χ3n) is 2.32. The molecule has 0 aliphatic heterocycles. The van der Waals surface area contributed by atoms with E-state index < -0.39 is 4.92 Å². The SMILES string of the molecule is CCOC(=O)CC=Cc1ccc([N+](=O)[O-])cc1OC. The van der Waals surface area contributed by atoms with Crippen molar-refractivity contribution in [2.45, 2.75) is 13.3 Å². The Kier molecular flexibility index (Phi) is 5.53. The molecule has 6 heteroatoms. The van der Waals surface area contributed by atoms with E-state index in [9.17, 15) is 14.9 Å². The van der Waals surface area contributed by atoms with Crippen LogP contribution >= 0.6 is 0 Å². The number of nitro groups is 1. The van der Waals surface area contributed by atoms with Gasteiger partial charge in [-0.2, -0.15) is 0 Å². The van der Waals surface area contributed by atoms with Crippen LogP contribution in [0.4, 0.5) is 5.69 Å². The predicted octanol–water partition coefficient (Wildman–Crippen LogP) is 2.57. The summed E-state index contributed by atoms with van der Waals surface area (Å²) in [5.41, 5.74) is 0.622. The lowest BCUT2D eigenvalue weighted by Crippen LogP contribution is -2.01. The first-order valence-corrected chi connectivity index (χ1v) is 5.73. The Hall–Kier alpha value is -2.37. The number of ether oxygens (including phenoxy) is 2. The fourth-order valence-corrected chi connectivity index (χ4v) is 1.45. The van der Waals surface area contributed by atoms with Crippen LogP contribution in [0.3, 0.4) is 0 Å². The number of methoxy groups -OCH3 is 1. The molecule has 0 aromatic heterocycles. The summed E-state index contributed by atoms with van der Waals surface area (Å²) in [5.74, 6) is 0.0638. The molecule has 0 amide bonds. The van der Waals surface area contributed by atoms with E-state index in [-0.39, 0.29) is 18.1 Å². The molecule has 0 N–H and O–H groups in total. The molecule has 1 rings (SSSR count). The highest BCUT2D eigenvalue weighted by Gasteiger charge is 2.09. The van der Waals surface area contributed by atoms with Gasteiger partial charge in [-0.05, 0) is 13.0 Å². The number of nitro benzene ring substituents is 1. The molecule has 1 aromatic carbocycles. The van der Waals surface area contributed by atoms with Gasteiger partial charge in [0, 0.05) is 11.6 Å². The summed E-state index contributed by atoms with van der Waals surface area (Å²) < 4.78 is 9.85. The molecule has 0 unspecified atom stereocenters. The first kappa shape index (κ1) is 14.7. The van der Waals surface area contributed by atoms with Gasteiger partial charge in [0.15, 0.2) is 0 Å². The third kappa shape index (κ3) is 4.42. The molecule has 102 valence electrons. The van der Waals surface area contributed by atoms with Gasteiger partial charge in [0.25, 0.3) is 5.69 Å². The van der Waals surface area contributed by atoms with E-state index in [1.54, 1.807) is 25.1 Å². The largest absolute Gasteiger partial charge is 0.496 e. The molecule has 19 heavy (non-hydrogen) atoms. The van der Waals surface area contributed by atoms with Crippen molar-refractivity contribution in [3.05, 3.63) is 40.0 Å². The summed E-state index contributed by atoms with van der Waals surface area (Å²) in [4.78, 5) is 21.3. The van der Waals surface area contributed by atoms with Crippen LogP contribution in [0.25, 0.3) is 6.08 Å². The highest BCUT2D eigenvalue weighted by molar-refractivity contribution is 5.73. The number of rotatable bonds is 6. The van der Waals surface area contributed by atoms with Crippen molar-refractivity contribution in [3.8, 4) is 5.75 Å². The number of hydrogen-bond donors (Lipinski definition) is 0. The molecule has 0 aliphatic carbocycles. The number of nitrogens with zero attached hydrogens (tertiary/aromatic N) is 1. The highest BCUT2D eigenvalue weighted by Crippen LogP contribution is 2.25. The summed E-state index contributed by atoms with van der Waals surface area (Å²) in [7, 11) is 1.43. The van der Waals surface area contributed by atoms with E-state index in [0.29, 0.717) is 17.9 Å². The van der Waals surface area contributed by atoms with Crippen LogP contribution in [0.1, 0.15) is 18.9 Å². The van der Waals surface area contributed by atoms with E-state index in [4.69, 9.17) is 9.47 Å². The second-order valence-corrected chi connectivity index (χ2v) is 3.59. The minimum atomic E-state index is -0.491. The van der Waals surface area contributed by atoms with Gasteiger partial charge in [-0.1, -0.05) is 12.2 Å². The summed E-state index contributed by atoms with van der Waals surface area (Å²) in [5, 5.41) is 10.6. The Balaban J connectivity index is 2.80. The van der Waals surface area contributed by atoms with Crippen LogP contribution in [-0.4, -0.2) is 24.6 Å². The molecule has 0 saturated heterocycles. The molecule has 0 atom stereocenters. The summed E-state index contributed by atoms with van der Waals surface area (Å²) in [6.07, 6.45) is 3.44. The van der Waals surface area contributed by atoms with Crippen LogP contribution in [-0.2, 0) is 9.53 Å².